The summed E-state index contributed by atoms with van der Waals surface area (Å²) in [4.78, 5) is 37.8. The first kappa shape index (κ1) is 20.9. The zero-order valence-corrected chi connectivity index (χ0v) is 17.3. The van der Waals surface area contributed by atoms with Crippen LogP contribution in [0.4, 0.5) is 11.4 Å². The predicted octanol–water partition coefficient (Wildman–Crippen LogP) is 4.06. The maximum atomic E-state index is 12.5. The van der Waals surface area contributed by atoms with Crippen molar-refractivity contribution >= 4 is 40.9 Å². The molecule has 0 spiro atoms. The van der Waals surface area contributed by atoms with Crippen LogP contribution in [-0.2, 0) is 19.1 Å². The summed E-state index contributed by atoms with van der Waals surface area (Å²) in [5, 5.41) is 2.67. The van der Waals surface area contributed by atoms with Crippen molar-refractivity contribution in [2.75, 3.05) is 22.6 Å². The first-order valence-corrected chi connectivity index (χ1v) is 10.6. The first-order chi connectivity index (χ1) is 14.0. The van der Waals surface area contributed by atoms with Crippen LogP contribution in [0, 0.1) is 6.92 Å². The Balaban J connectivity index is 1.71. The van der Waals surface area contributed by atoms with E-state index in [9.17, 15) is 14.4 Å². The molecule has 1 aliphatic rings. The molecule has 0 unspecified atom stereocenters. The van der Waals surface area contributed by atoms with Gasteiger partial charge in [0.15, 0.2) is 0 Å². The Morgan fingerprint density at radius 2 is 1.93 bits per heavy atom. The van der Waals surface area contributed by atoms with Crippen LogP contribution < -0.4 is 10.2 Å². The Labute approximate surface area is 174 Å². The molecule has 0 aromatic heterocycles. The fraction of sp³-hybridized carbons (Fsp3) is 0.318. The summed E-state index contributed by atoms with van der Waals surface area (Å²) in [5.74, 6) is -0.159. The Morgan fingerprint density at radius 3 is 2.66 bits per heavy atom. The van der Waals surface area contributed by atoms with Crippen molar-refractivity contribution in [1.29, 1.82) is 0 Å². The number of nitrogens with zero attached hydrogens (tertiary/aromatic N) is 1. The lowest BCUT2D eigenvalue weighted by molar-refractivity contribution is -0.144. The number of hydrogen-bond acceptors (Lipinski definition) is 5. The van der Waals surface area contributed by atoms with Crippen molar-refractivity contribution in [3.05, 3.63) is 59.7 Å². The highest BCUT2D eigenvalue weighted by Gasteiger charge is 2.34. The third-order valence-corrected chi connectivity index (χ3v) is 5.71. The van der Waals surface area contributed by atoms with Gasteiger partial charge in [0.05, 0.1) is 18.8 Å². The molecule has 2 aromatic rings. The molecular weight excluding hydrogens is 388 g/mol. The minimum Gasteiger partial charge on any atom is -0.466 e. The van der Waals surface area contributed by atoms with E-state index in [0.717, 1.165) is 16.8 Å². The lowest BCUT2D eigenvalue weighted by Gasteiger charge is -2.25. The number of anilines is 2. The van der Waals surface area contributed by atoms with Crippen molar-refractivity contribution < 1.29 is 19.1 Å². The van der Waals surface area contributed by atoms with E-state index in [0.29, 0.717) is 18.0 Å². The van der Waals surface area contributed by atoms with Gasteiger partial charge < -0.3 is 10.1 Å². The van der Waals surface area contributed by atoms with Crippen molar-refractivity contribution in [1.82, 2.24) is 0 Å². The van der Waals surface area contributed by atoms with Gasteiger partial charge in [-0.15, -0.1) is 11.8 Å². The van der Waals surface area contributed by atoms with E-state index < -0.39 is 0 Å². The monoisotopic (exact) mass is 412 g/mol. The lowest BCUT2D eigenvalue weighted by Crippen LogP contribution is -2.27. The zero-order valence-electron chi connectivity index (χ0n) is 16.5. The van der Waals surface area contributed by atoms with Crippen molar-refractivity contribution in [3.8, 4) is 0 Å². The third-order valence-electron chi connectivity index (χ3n) is 4.50. The molecule has 1 aliphatic heterocycles. The van der Waals surface area contributed by atoms with Crippen LogP contribution in [0.5, 0.6) is 0 Å². The molecule has 152 valence electrons. The molecule has 0 radical (unpaired) electrons. The lowest BCUT2D eigenvalue weighted by atomic mass is 10.1. The number of amides is 2. The van der Waals surface area contributed by atoms with E-state index in [-0.39, 0.29) is 36.0 Å². The van der Waals surface area contributed by atoms with Gasteiger partial charge in [-0.3, -0.25) is 19.3 Å². The second-order valence-electron chi connectivity index (χ2n) is 6.74. The fourth-order valence-corrected chi connectivity index (χ4v) is 4.26. The van der Waals surface area contributed by atoms with Crippen molar-refractivity contribution in [2.45, 2.75) is 32.1 Å². The topological polar surface area (TPSA) is 75.7 Å². The highest BCUT2D eigenvalue weighted by molar-refractivity contribution is 8.00. The number of benzene rings is 2. The number of hydrogen-bond donors (Lipinski definition) is 1. The van der Waals surface area contributed by atoms with E-state index in [2.05, 4.69) is 5.32 Å². The number of thioether (sulfide) groups is 1. The zero-order chi connectivity index (χ0) is 20.8. The average Bonchev–Trinajstić information content (AvgIpc) is 3.09. The highest BCUT2D eigenvalue weighted by Crippen LogP contribution is 2.42. The highest BCUT2D eigenvalue weighted by atomic mass is 32.2. The number of carbonyl (C=O) groups excluding carboxylic acids is 3. The molecule has 0 saturated carbocycles. The molecule has 1 heterocycles. The molecule has 3 rings (SSSR count). The SMILES string of the molecule is CCOC(=O)CCC(=O)Nc1cccc([C@@H]2SCC(=O)N2c2ccc(C)cc2)c1. The molecular formula is C22H24N2O4S. The van der Waals surface area contributed by atoms with Gasteiger partial charge in [-0.25, -0.2) is 0 Å². The average molecular weight is 413 g/mol. The van der Waals surface area contributed by atoms with Crippen LogP contribution in [0.3, 0.4) is 0 Å². The molecule has 1 N–H and O–H groups in total. The van der Waals surface area contributed by atoms with E-state index in [1.807, 2.05) is 49.4 Å². The summed E-state index contributed by atoms with van der Waals surface area (Å²) in [6.07, 6.45) is 0.114. The van der Waals surface area contributed by atoms with E-state index in [4.69, 9.17) is 4.74 Å². The van der Waals surface area contributed by atoms with Gasteiger partial charge in [-0.1, -0.05) is 29.8 Å². The number of rotatable bonds is 7. The number of carbonyl (C=O) groups is 3. The molecule has 2 amide bonds. The number of aryl methyl sites for hydroxylation is 1. The van der Waals surface area contributed by atoms with E-state index in [1.54, 1.807) is 29.7 Å². The summed E-state index contributed by atoms with van der Waals surface area (Å²) in [5.41, 5.74) is 3.57. The second kappa shape index (κ2) is 9.60. The minimum atomic E-state index is -0.383. The van der Waals surface area contributed by atoms with Crippen molar-refractivity contribution in [3.63, 3.8) is 0 Å². The fourth-order valence-electron chi connectivity index (χ4n) is 3.10. The molecule has 6 nitrogen and oxygen atoms in total. The maximum Gasteiger partial charge on any atom is 0.306 e. The third kappa shape index (κ3) is 5.38. The normalized spacial score (nSPS) is 16.0. The molecule has 29 heavy (non-hydrogen) atoms. The predicted molar refractivity (Wildman–Crippen MR) is 115 cm³/mol. The Kier molecular flexibility index (Phi) is 6.93. The van der Waals surface area contributed by atoms with Crippen LogP contribution in [-0.4, -0.2) is 30.1 Å². The molecule has 1 atom stereocenters. The van der Waals surface area contributed by atoms with E-state index in [1.165, 1.54) is 0 Å². The second-order valence-corrected chi connectivity index (χ2v) is 7.81. The van der Waals surface area contributed by atoms with E-state index >= 15 is 0 Å². The van der Waals surface area contributed by atoms with Crippen molar-refractivity contribution in [2.24, 2.45) is 0 Å². The van der Waals surface area contributed by atoms with Gasteiger partial charge in [-0.05, 0) is 43.7 Å². The summed E-state index contributed by atoms with van der Waals surface area (Å²) >= 11 is 1.56. The number of ether oxygens (including phenoxy) is 1. The van der Waals surface area contributed by atoms with Gasteiger partial charge in [0.1, 0.15) is 5.37 Å². The first-order valence-electron chi connectivity index (χ1n) is 9.53. The Morgan fingerprint density at radius 1 is 1.17 bits per heavy atom. The van der Waals surface area contributed by atoms with Gasteiger partial charge in [0.2, 0.25) is 11.8 Å². The summed E-state index contributed by atoms with van der Waals surface area (Å²) < 4.78 is 4.84. The van der Waals surface area contributed by atoms with Crippen LogP contribution in [0.25, 0.3) is 0 Å². The van der Waals surface area contributed by atoms with Gasteiger partial charge in [0, 0.05) is 17.8 Å². The molecule has 2 aromatic carbocycles. The molecule has 7 heteroatoms. The van der Waals surface area contributed by atoms with Crippen LogP contribution in [0.15, 0.2) is 48.5 Å². The molecule has 0 bridgehead atoms. The van der Waals surface area contributed by atoms with Gasteiger partial charge in [0.25, 0.3) is 0 Å². The quantitative estimate of drug-likeness (QED) is 0.694. The molecule has 1 fully saturated rings. The number of esters is 1. The smallest absolute Gasteiger partial charge is 0.306 e. The standard InChI is InChI=1S/C22H24N2O4S/c1-3-28-21(27)12-11-19(25)23-17-6-4-5-16(13-17)22-24(20(26)14-29-22)18-9-7-15(2)8-10-18/h4-10,13,22H,3,11-12,14H2,1-2H3,(H,23,25)/t22-/m0/s1. The minimum absolute atomic E-state index is 0.0492. The summed E-state index contributed by atoms with van der Waals surface area (Å²) in [6, 6.07) is 15.4. The summed E-state index contributed by atoms with van der Waals surface area (Å²) in [6.45, 7) is 4.04. The Bertz CT molecular complexity index is 898. The number of nitrogens with one attached hydrogen (secondary N) is 1. The Hall–Kier alpha value is -2.80. The van der Waals surface area contributed by atoms with Gasteiger partial charge >= 0.3 is 5.97 Å². The molecule has 0 aliphatic carbocycles. The summed E-state index contributed by atoms with van der Waals surface area (Å²) in [7, 11) is 0. The maximum absolute atomic E-state index is 12.5. The largest absolute Gasteiger partial charge is 0.466 e. The molecule has 1 saturated heterocycles. The van der Waals surface area contributed by atoms with Gasteiger partial charge in [-0.2, -0.15) is 0 Å². The van der Waals surface area contributed by atoms with Crippen LogP contribution in [0.2, 0.25) is 0 Å². The van der Waals surface area contributed by atoms with Crippen LogP contribution >= 0.6 is 11.8 Å². The van der Waals surface area contributed by atoms with Crippen LogP contribution in [0.1, 0.15) is 36.3 Å².